The van der Waals surface area contributed by atoms with E-state index in [4.69, 9.17) is 34.4 Å². The summed E-state index contributed by atoms with van der Waals surface area (Å²) in [6, 6.07) is 6.51. The first kappa shape index (κ1) is 25.6. The zero-order chi connectivity index (χ0) is 26.3. The number of aromatic hydroxyl groups is 1. The summed E-state index contributed by atoms with van der Waals surface area (Å²) in [6.45, 7) is 10.6. The van der Waals surface area contributed by atoms with Crippen LogP contribution >= 0.6 is 23.2 Å². The Morgan fingerprint density at radius 3 is 2.22 bits per heavy atom. The van der Waals surface area contributed by atoms with Gasteiger partial charge in [0.25, 0.3) is 5.56 Å². The van der Waals surface area contributed by atoms with Crippen molar-refractivity contribution in [1.29, 1.82) is 0 Å². The summed E-state index contributed by atoms with van der Waals surface area (Å²) < 4.78 is 7.62. The van der Waals surface area contributed by atoms with Crippen molar-refractivity contribution in [3.8, 4) is 35.0 Å². The Morgan fingerprint density at radius 1 is 0.972 bits per heavy atom. The van der Waals surface area contributed by atoms with Crippen molar-refractivity contribution < 1.29 is 9.84 Å². The van der Waals surface area contributed by atoms with Gasteiger partial charge in [-0.15, -0.1) is 6.42 Å². The van der Waals surface area contributed by atoms with Crippen molar-refractivity contribution >= 4 is 34.2 Å². The Hall–Kier alpha value is -3.46. The molecule has 0 amide bonds. The minimum atomic E-state index is -0.542. The molecule has 2 aromatic carbocycles. The van der Waals surface area contributed by atoms with Crippen molar-refractivity contribution in [1.82, 2.24) is 9.55 Å². The molecule has 36 heavy (non-hydrogen) atoms. The van der Waals surface area contributed by atoms with Crippen molar-refractivity contribution in [3.63, 3.8) is 0 Å². The average molecular weight is 521 g/mol. The first-order valence-electron chi connectivity index (χ1n) is 11.4. The number of benzene rings is 2. The van der Waals surface area contributed by atoms with Crippen LogP contribution < -0.4 is 10.3 Å². The number of hydrogen-bond acceptors (Lipinski definition) is 4. The third kappa shape index (κ3) is 4.11. The standard InChI is InChI=1S/C29H26Cl2N2O3/c1-7-13-33-28-20(9-8-12-32-28)26(34)25(29(33)35)24-22(30)10-11-23(31)27(24)36-14-21-18(5)16(3)15(2)17(4)19(21)6/h1,8-12,34H,13-14H2,2-6H3. The smallest absolute Gasteiger partial charge is 0.264 e. The topological polar surface area (TPSA) is 64.3 Å². The number of fused-ring (bicyclic) bond motifs is 1. The molecule has 0 aliphatic rings. The molecule has 0 saturated carbocycles. The Bertz CT molecular complexity index is 1600. The molecule has 0 unspecified atom stereocenters. The van der Waals surface area contributed by atoms with E-state index in [0.29, 0.717) is 5.39 Å². The van der Waals surface area contributed by atoms with Crippen LogP contribution in [0.1, 0.15) is 33.4 Å². The van der Waals surface area contributed by atoms with Gasteiger partial charge in [-0.25, -0.2) is 4.98 Å². The molecular formula is C29H26Cl2N2O3. The molecule has 1 N–H and O–H groups in total. The third-order valence-corrected chi connectivity index (χ3v) is 7.68. The van der Waals surface area contributed by atoms with Gasteiger partial charge in [-0.2, -0.15) is 0 Å². The van der Waals surface area contributed by atoms with Crippen LogP contribution in [0.5, 0.6) is 11.5 Å². The van der Waals surface area contributed by atoms with Crippen LogP contribution in [0.15, 0.2) is 35.3 Å². The molecule has 0 aliphatic carbocycles. The average Bonchev–Trinajstić information content (AvgIpc) is 2.87. The van der Waals surface area contributed by atoms with Crippen LogP contribution in [0.4, 0.5) is 0 Å². The fourth-order valence-electron chi connectivity index (χ4n) is 4.57. The van der Waals surface area contributed by atoms with Crippen LogP contribution in [0.3, 0.4) is 0 Å². The molecule has 0 saturated heterocycles. The molecule has 184 valence electrons. The molecule has 7 heteroatoms. The van der Waals surface area contributed by atoms with Gasteiger partial charge in [-0.05, 0) is 92.3 Å². The molecule has 0 aliphatic heterocycles. The van der Waals surface area contributed by atoms with Crippen molar-refractivity contribution in [2.45, 2.75) is 47.8 Å². The van der Waals surface area contributed by atoms with Crippen LogP contribution in [-0.4, -0.2) is 14.7 Å². The zero-order valence-corrected chi connectivity index (χ0v) is 22.3. The predicted octanol–water partition coefficient (Wildman–Crippen LogP) is 6.83. The van der Waals surface area contributed by atoms with Gasteiger partial charge in [0.15, 0.2) is 0 Å². The highest BCUT2D eigenvalue weighted by atomic mass is 35.5. The van der Waals surface area contributed by atoms with E-state index < -0.39 is 5.56 Å². The van der Waals surface area contributed by atoms with Crippen molar-refractivity contribution in [3.05, 3.63) is 84.2 Å². The Labute approximate surface area is 220 Å². The second-order valence-electron chi connectivity index (χ2n) is 8.82. The molecule has 5 nitrogen and oxygen atoms in total. The van der Waals surface area contributed by atoms with E-state index in [-0.39, 0.29) is 51.5 Å². The maximum absolute atomic E-state index is 13.6. The second-order valence-corrected chi connectivity index (χ2v) is 9.63. The molecule has 0 spiro atoms. The zero-order valence-electron chi connectivity index (χ0n) is 20.8. The van der Waals surface area contributed by atoms with Crippen LogP contribution in [0.2, 0.25) is 10.0 Å². The summed E-state index contributed by atoms with van der Waals surface area (Å²) >= 11 is 13.2. The monoisotopic (exact) mass is 520 g/mol. The fraction of sp³-hybridized carbons (Fsp3) is 0.241. The van der Waals surface area contributed by atoms with Gasteiger partial charge >= 0.3 is 0 Å². The van der Waals surface area contributed by atoms with E-state index in [1.165, 1.54) is 27.5 Å². The molecule has 4 aromatic rings. The van der Waals surface area contributed by atoms with Gasteiger partial charge in [0.1, 0.15) is 23.8 Å². The highest BCUT2D eigenvalue weighted by molar-refractivity contribution is 6.37. The number of nitrogens with zero attached hydrogens (tertiary/aromatic N) is 2. The first-order chi connectivity index (χ1) is 17.1. The molecule has 2 heterocycles. The summed E-state index contributed by atoms with van der Waals surface area (Å²) in [5, 5.41) is 12.1. The van der Waals surface area contributed by atoms with Gasteiger partial charge in [-0.1, -0.05) is 29.1 Å². The number of halogens is 2. The van der Waals surface area contributed by atoms with Crippen LogP contribution in [0.25, 0.3) is 22.2 Å². The summed E-state index contributed by atoms with van der Waals surface area (Å²) in [5.41, 5.74) is 6.85. The lowest BCUT2D eigenvalue weighted by molar-refractivity contribution is 0.305. The van der Waals surface area contributed by atoms with Crippen molar-refractivity contribution in [2.75, 3.05) is 0 Å². The number of aromatic nitrogens is 2. The van der Waals surface area contributed by atoms with Gasteiger partial charge in [0.2, 0.25) is 0 Å². The minimum absolute atomic E-state index is 0.0334. The lowest BCUT2D eigenvalue weighted by atomic mass is 9.90. The molecule has 0 bridgehead atoms. The number of rotatable bonds is 5. The summed E-state index contributed by atoms with van der Waals surface area (Å²) in [7, 11) is 0. The SMILES string of the molecule is C#CCn1c(=O)c(-c2c(Cl)ccc(Cl)c2OCc2c(C)c(C)c(C)c(C)c2C)c(O)c2cccnc21. The number of terminal acetylenes is 1. The fourth-order valence-corrected chi connectivity index (χ4v) is 5.03. The number of hydrogen-bond donors (Lipinski definition) is 1. The molecule has 0 fully saturated rings. The second kappa shape index (κ2) is 9.89. The summed E-state index contributed by atoms with van der Waals surface area (Å²) in [6.07, 6.45) is 7.07. The third-order valence-electron chi connectivity index (χ3n) is 7.07. The van der Waals surface area contributed by atoms with E-state index in [1.807, 2.05) is 0 Å². The largest absolute Gasteiger partial charge is 0.506 e. The predicted molar refractivity (Wildman–Crippen MR) is 146 cm³/mol. The number of pyridine rings is 2. The maximum atomic E-state index is 13.6. The lowest BCUT2D eigenvalue weighted by Crippen LogP contribution is -2.23. The number of ether oxygens (including phenoxy) is 1. The van der Waals surface area contributed by atoms with E-state index in [0.717, 1.165) is 16.7 Å². The van der Waals surface area contributed by atoms with E-state index in [1.54, 1.807) is 24.3 Å². The Morgan fingerprint density at radius 2 is 1.58 bits per heavy atom. The van der Waals surface area contributed by atoms with Crippen LogP contribution in [0, 0.1) is 47.0 Å². The van der Waals surface area contributed by atoms with Crippen LogP contribution in [-0.2, 0) is 13.2 Å². The minimum Gasteiger partial charge on any atom is -0.506 e. The first-order valence-corrected chi connectivity index (χ1v) is 12.2. The molecule has 0 radical (unpaired) electrons. The molecule has 2 aromatic heterocycles. The van der Waals surface area contributed by atoms with Gasteiger partial charge < -0.3 is 9.84 Å². The molecule has 4 rings (SSSR count). The summed E-state index contributed by atoms with van der Waals surface area (Å²) in [5.74, 6) is 2.43. The highest BCUT2D eigenvalue weighted by Crippen LogP contribution is 2.45. The maximum Gasteiger partial charge on any atom is 0.264 e. The van der Waals surface area contributed by atoms with E-state index >= 15 is 0 Å². The highest BCUT2D eigenvalue weighted by Gasteiger charge is 2.25. The van der Waals surface area contributed by atoms with E-state index in [9.17, 15) is 9.90 Å². The quantitative estimate of drug-likeness (QED) is 0.293. The Kier molecular flexibility index (Phi) is 7.04. The van der Waals surface area contributed by atoms with Crippen molar-refractivity contribution in [2.24, 2.45) is 0 Å². The lowest BCUT2D eigenvalue weighted by Gasteiger charge is -2.21. The summed E-state index contributed by atoms with van der Waals surface area (Å²) in [4.78, 5) is 17.9. The Balaban J connectivity index is 1.96. The van der Waals surface area contributed by atoms with Gasteiger partial charge in [0.05, 0.1) is 33.1 Å². The normalized spacial score (nSPS) is 11.1. The molecule has 0 atom stereocenters. The van der Waals surface area contributed by atoms with Gasteiger partial charge in [0, 0.05) is 6.20 Å². The van der Waals surface area contributed by atoms with Gasteiger partial charge in [-0.3, -0.25) is 9.36 Å². The van der Waals surface area contributed by atoms with E-state index in [2.05, 4.69) is 45.5 Å². The molecular weight excluding hydrogens is 495 g/mol.